The van der Waals surface area contributed by atoms with Crippen molar-refractivity contribution < 1.29 is 4.79 Å². The van der Waals surface area contributed by atoms with Crippen molar-refractivity contribution in [1.82, 2.24) is 14.5 Å². The quantitative estimate of drug-likeness (QED) is 0.789. The van der Waals surface area contributed by atoms with Gasteiger partial charge < -0.3 is 9.47 Å². The molecular weight excluding hydrogens is 250 g/mol. The number of carbonyl (C=O) groups excluding carboxylic acids is 1. The first-order valence-corrected chi connectivity index (χ1v) is 6.17. The van der Waals surface area contributed by atoms with Crippen LogP contribution in [-0.2, 0) is 13.1 Å². The van der Waals surface area contributed by atoms with Crippen molar-refractivity contribution in [1.29, 1.82) is 0 Å². The molecule has 1 aliphatic heterocycles. The minimum Gasteiger partial charge on any atom is -0.332 e. The Bertz CT molecular complexity index is 593. The Morgan fingerprint density at radius 2 is 2.11 bits per heavy atom. The summed E-state index contributed by atoms with van der Waals surface area (Å²) < 4.78 is 2.07. The largest absolute Gasteiger partial charge is 0.332 e. The van der Waals surface area contributed by atoms with Gasteiger partial charge in [0, 0.05) is 25.5 Å². The number of carbonyl (C=O) groups is 1. The molecule has 0 bridgehead atoms. The van der Waals surface area contributed by atoms with Crippen molar-refractivity contribution in [3.63, 3.8) is 0 Å². The van der Waals surface area contributed by atoms with Crippen LogP contribution in [0.4, 0.5) is 0 Å². The average Bonchev–Trinajstić information content (AvgIpc) is 2.85. The second-order valence-electron chi connectivity index (χ2n) is 4.24. The maximum absolute atomic E-state index is 12.4. The molecule has 0 N–H and O–H groups in total. The number of hydrogen-bond donors (Lipinski definition) is 0. The molecule has 5 heteroatoms. The van der Waals surface area contributed by atoms with Gasteiger partial charge in [-0.2, -0.15) is 0 Å². The normalized spacial score (nSPS) is 14.4. The Hall–Kier alpha value is -1.81. The van der Waals surface area contributed by atoms with E-state index in [0.29, 0.717) is 23.7 Å². The summed E-state index contributed by atoms with van der Waals surface area (Å²) in [6, 6.07) is 7.14. The first-order valence-electron chi connectivity index (χ1n) is 5.79. The molecule has 4 nitrogen and oxygen atoms in total. The van der Waals surface area contributed by atoms with E-state index in [9.17, 15) is 4.79 Å². The topological polar surface area (TPSA) is 38.1 Å². The highest BCUT2D eigenvalue weighted by Crippen LogP contribution is 2.19. The molecule has 0 aliphatic carbocycles. The van der Waals surface area contributed by atoms with E-state index in [1.807, 2.05) is 18.3 Å². The van der Waals surface area contributed by atoms with Gasteiger partial charge in [-0.25, -0.2) is 4.98 Å². The number of rotatable bonds is 1. The number of amides is 1. The molecule has 0 spiro atoms. The molecule has 0 radical (unpaired) electrons. The van der Waals surface area contributed by atoms with E-state index in [-0.39, 0.29) is 5.91 Å². The summed E-state index contributed by atoms with van der Waals surface area (Å²) in [7, 11) is 0. The van der Waals surface area contributed by atoms with Gasteiger partial charge in [-0.3, -0.25) is 4.79 Å². The van der Waals surface area contributed by atoms with Gasteiger partial charge >= 0.3 is 0 Å². The van der Waals surface area contributed by atoms with Crippen LogP contribution in [0.3, 0.4) is 0 Å². The van der Waals surface area contributed by atoms with E-state index in [4.69, 9.17) is 11.6 Å². The molecule has 2 heterocycles. The molecule has 0 unspecified atom stereocenters. The average molecular weight is 262 g/mol. The summed E-state index contributed by atoms with van der Waals surface area (Å²) in [4.78, 5) is 18.4. The predicted molar refractivity (Wildman–Crippen MR) is 68.4 cm³/mol. The zero-order valence-corrected chi connectivity index (χ0v) is 10.5. The third-order valence-corrected chi connectivity index (χ3v) is 3.47. The number of aromatic nitrogens is 2. The molecule has 0 fully saturated rings. The Kier molecular flexibility index (Phi) is 2.80. The number of halogens is 1. The fraction of sp³-hybridized carbons (Fsp3) is 0.231. The SMILES string of the molecule is O=C(c1ccccc1Cl)N1CCn2ccnc2C1. The van der Waals surface area contributed by atoms with Crippen molar-refractivity contribution in [3.8, 4) is 0 Å². The van der Waals surface area contributed by atoms with Gasteiger partial charge in [0.2, 0.25) is 0 Å². The lowest BCUT2D eigenvalue weighted by Gasteiger charge is -2.28. The molecule has 1 aromatic carbocycles. The Balaban J connectivity index is 1.85. The molecule has 1 aromatic heterocycles. The van der Waals surface area contributed by atoms with Gasteiger partial charge in [-0.05, 0) is 12.1 Å². The van der Waals surface area contributed by atoms with Crippen LogP contribution >= 0.6 is 11.6 Å². The number of benzene rings is 1. The molecule has 18 heavy (non-hydrogen) atoms. The molecule has 2 aromatic rings. The molecule has 0 saturated carbocycles. The van der Waals surface area contributed by atoms with Gasteiger partial charge in [-0.15, -0.1) is 0 Å². The molecule has 1 aliphatic rings. The Morgan fingerprint density at radius 3 is 2.94 bits per heavy atom. The van der Waals surface area contributed by atoms with Gasteiger partial charge in [0.05, 0.1) is 17.1 Å². The third-order valence-electron chi connectivity index (χ3n) is 3.14. The van der Waals surface area contributed by atoms with Crippen molar-refractivity contribution in [2.45, 2.75) is 13.1 Å². The van der Waals surface area contributed by atoms with Crippen LogP contribution in [0, 0.1) is 0 Å². The van der Waals surface area contributed by atoms with Gasteiger partial charge in [0.25, 0.3) is 5.91 Å². The molecule has 0 atom stereocenters. The molecule has 3 rings (SSSR count). The smallest absolute Gasteiger partial charge is 0.255 e. The lowest BCUT2D eigenvalue weighted by Crippen LogP contribution is -2.38. The fourth-order valence-electron chi connectivity index (χ4n) is 2.15. The number of hydrogen-bond acceptors (Lipinski definition) is 2. The number of imidazole rings is 1. The summed E-state index contributed by atoms with van der Waals surface area (Å²) in [5.74, 6) is 0.886. The zero-order valence-electron chi connectivity index (χ0n) is 9.71. The zero-order chi connectivity index (χ0) is 12.5. The van der Waals surface area contributed by atoms with Gasteiger partial charge in [-0.1, -0.05) is 23.7 Å². The highest BCUT2D eigenvalue weighted by molar-refractivity contribution is 6.33. The van der Waals surface area contributed by atoms with E-state index in [1.165, 1.54) is 0 Å². The second-order valence-corrected chi connectivity index (χ2v) is 4.65. The van der Waals surface area contributed by atoms with E-state index >= 15 is 0 Å². The lowest BCUT2D eigenvalue weighted by molar-refractivity contribution is 0.0707. The first-order chi connectivity index (χ1) is 8.75. The highest BCUT2D eigenvalue weighted by atomic mass is 35.5. The van der Waals surface area contributed by atoms with Crippen LogP contribution in [-0.4, -0.2) is 26.9 Å². The van der Waals surface area contributed by atoms with E-state index < -0.39 is 0 Å². The maximum Gasteiger partial charge on any atom is 0.255 e. The fourth-order valence-corrected chi connectivity index (χ4v) is 2.37. The molecule has 0 saturated heterocycles. The van der Waals surface area contributed by atoms with E-state index in [0.717, 1.165) is 12.4 Å². The van der Waals surface area contributed by atoms with Crippen molar-refractivity contribution in [2.75, 3.05) is 6.54 Å². The van der Waals surface area contributed by atoms with Crippen LogP contribution in [0.25, 0.3) is 0 Å². The Morgan fingerprint density at radius 1 is 1.28 bits per heavy atom. The second kappa shape index (κ2) is 4.46. The van der Waals surface area contributed by atoms with Crippen LogP contribution < -0.4 is 0 Å². The summed E-state index contributed by atoms with van der Waals surface area (Å²) >= 11 is 6.05. The van der Waals surface area contributed by atoms with Crippen molar-refractivity contribution >= 4 is 17.5 Å². The van der Waals surface area contributed by atoms with Crippen LogP contribution in [0.15, 0.2) is 36.7 Å². The lowest BCUT2D eigenvalue weighted by atomic mass is 10.2. The van der Waals surface area contributed by atoms with Crippen LogP contribution in [0.5, 0.6) is 0 Å². The third kappa shape index (κ3) is 1.88. The molecule has 1 amide bonds. The standard InChI is InChI=1S/C13H12ClN3O/c14-11-4-2-1-3-10(11)13(18)17-8-7-16-6-5-15-12(16)9-17/h1-6H,7-9H2. The summed E-state index contributed by atoms with van der Waals surface area (Å²) in [6.07, 6.45) is 3.70. The summed E-state index contributed by atoms with van der Waals surface area (Å²) in [5.41, 5.74) is 0.555. The summed E-state index contributed by atoms with van der Waals surface area (Å²) in [6.45, 7) is 2.01. The minimum absolute atomic E-state index is 0.0325. The minimum atomic E-state index is -0.0325. The van der Waals surface area contributed by atoms with Crippen LogP contribution in [0.2, 0.25) is 5.02 Å². The van der Waals surface area contributed by atoms with Crippen LogP contribution in [0.1, 0.15) is 16.2 Å². The predicted octanol–water partition coefficient (Wildman–Crippen LogP) is 2.19. The molecule has 92 valence electrons. The first kappa shape index (κ1) is 11.3. The Labute approximate surface area is 110 Å². The van der Waals surface area contributed by atoms with Crippen molar-refractivity contribution in [2.24, 2.45) is 0 Å². The van der Waals surface area contributed by atoms with Gasteiger partial charge in [0.1, 0.15) is 5.82 Å². The molecular formula is C13H12ClN3O. The number of nitrogens with zero attached hydrogens (tertiary/aromatic N) is 3. The number of fused-ring (bicyclic) bond motifs is 1. The van der Waals surface area contributed by atoms with E-state index in [1.54, 1.807) is 23.2 Å². The summed E-state index contributed by atoms with van der Waals surface area (Å²) in [5, 5.41) is 0.497. The van der Waals surface area contributed by atoms with Gasteiger partial charge in [0.15, 0.2) is 0 Å². The highest BCUT2D eigenvalue weighted by Gasteiger charge is 2.23. The van der Waals surface area contributed by atoms with Crippen molar-refractivity contribution in [3.05, 3.63) is 53.1 Å². The maximum atomic E-state index is 12.4. The van der Waals surface area contributed by atoms with E-state index in [2.05, 4.69) is 9.55 Å². The monoisotopic (exact) mass is 261 g/mol.